The van der Waals surface area contributed by atoms with Crippen LogP contribution in [-0.2, 0) is 15.7 Å². The fourth-order valence-electron chi connectivity index (χ4n) is 1.77. The molecule has 1 rings (SSSR count). The lowest BCUT2D eigenvalue weighted by molar-refractivity contribution is -0.447. The van der Waals surface area contributed by atoms with Gasteiger partial charge in [-0.1, -0.05) is 18.2 Å². The lowest BCUT2D eigenvalue weighted by Gasteiger charge is -2.15. The molecule has 22 heavy (non-hydrogen) atoms. The van der Waals surface area contributed by atoms with Crippen LogP contribution >= 0.6 is 0 Å². The number of benzene rings is 1. The molecule has 0 aliphatic heterocycles. The predicted octanol–water partition coefficient (Wildman–Crippen LogP) is 3.72. The SMILES string of the molecule is CCOC(OCC)C(=Cc1ccccc1C(F)(F)F)[N+](=O)[O-]. The summed E-state index contributed by atoms with van der Waals surface area (Å²) in [6, 6.07) is 4.60. The van der Waals surface area contributed by atoms with Crippen molar-refractivity contribution in [1.82, 2.24) is 0 Å². The molecular weight excluding hydrogens is 303 g/mol. The first-order valence-corrected chi connectivity index (χ1v) is 6.56. The highest BCUT2D eigenvalue weighted by molar-refractivity contribution is 5.56. The van der Waals surface area contributed by atoms with Crippen LogP contribution in [0.25, 0.3) is 6.08 Å². The molecule has 1 aromatic rings. The lowest BCUT2D eigenvalue weighted by Crippen LogP contribution is -2.24. The van der Waals surface area contributed by atoms with Gasteiger partial charge in [-0.3, -0.25) is 10.1 Å². The molecule has 8 heteroatoms. The van der Waals surface area contributed by atoms with Crippen LogP contribution in [0.2, 0.25) is 0 Å². The first-order valence-electron chi connectivity index (χ1n) is 6.56. The Balaban J connectivity index is 3.32. The Hall–Kier alpha value is -1.93. The third-order valence-electron chi connectivity index (χ3n) is 2.66. The summed E-state index contributed by atoms with van der Waals surface area (Å²) in [7, 11) is 0. The van der Waals surface area contributed by atoms with Crippen molar-refractivity contribution in [3.63, 3.8) is 0 Å². The Bertz CT molecular complexity index is 537. The topological polar surface area (TPSA) is 61.6 Å². The number of ether oxygens (including phenoxy) is 2. The average molecular weight is 319 g/mol. The van der Waals surface area contributed by atoms with Gasteiger partial charge in [-0.15, -0.1) is 0 Å². The summed E-state index contributed by atoms with van der Waals surface area (Å²) in [5, 5.41) is 11.2. The van der Waals surface area contributed by atoms with Crippen LogP contribution in [0.3, 0.4) is 0 Å². The second-order valence-corrected chi connectivity index (χ2v) is 4.15. The molecule has 0 heterocycles. The average Bonchev–Trinajstić information content (AvgIpc) is 2.43. The first kappa shape index (κ1) is 18.1. The van der Waals surface area contributed by atoms with Gasteiger partial charge in [0.15, 0.2) is 0 Å². The minimum absolute atomic E-state index is 0.122. The lowest BCUT2D eigenvalue weighted by atomic mass is 10.1. The number of rotatable bonds is 7. The third kappa shape index (κ3) is 4.81. The number of hydrogen-bond acceptors (Lipinski definition) is 4. The Morgan fingerprint density at radius 2 is 1.82 bits per heavy atom. The standard InChI is InChI=1S/C14H16F3NO4/c1-3-21-13(22-4-2)12(18(19)20)9-10-7-5-6-8-11(10)14(15,16)17/h5-9,13H,3-4H2,1-2H3. The summed E-state index contributed by atoms with van der Waals surface area (Å²) in [5.74, 6) is 0. The summed E-state index contributed by atoms with van der Waals surface area (Å²) in [6.07, 6.45) is -5.10. The summed E-state index contributed by atoms with van der Waals surface area (Å²) in [5.41, 5.74) is -1.85. The largest absolute Gasteiger partial charge is 0.416 e. The Kier molecular flexibility index (Phi) is 6.51. The maximum Gasteiger partial charge on any atom is 0.416 e. The fourth-order valence-corrected chi connectivity index (χ4v) is 1.77. The van der Waals surface area contributed by atoms with E-state index >= 15 is 0 Å². The van der Waals surface area contributed by atoms with E-state index in [1.807, 2.05) is 0 Å². The molecule has 0 saturated heterocycles. The van der Waals surface area contributed by atoms with Crippen LogP contribution < -0.4 is 0 Å². The smallest absolute Gasteiger partial charge is 0.344 e. The zero-order valence-corrected chi connectivity index (χ0v) is 12.1. The summed E-state index contributed by atoms with van der Waals surface area (Å²) in [6.45, 7) is 3.45. The van der Waals surface area contributed by atoms with E-state index in [4.69, 9.17) is 9.47 Å². The molecule has 0 fully saturated rings. The van der Waals surface area contributed by atoms with E-state index in [0.29, 0.717) is 0 Å². The highest BCUT2D eigenvalue weighted by Gasteiger charge is 2.34. The molecule has 0 aromatic heterocycles. The summed E-state index contributed by atoms with van der Waals surface area (Å²) in [4.78, 5) is 10.3. The van der Waals surface area contributed by atoms with Gasteiger partial charge in [0.2, 0.25) is 0 Å². The quantitative estimate of drug-likeness (QED) is 0.436. The zero-order valence-electron chi connectivity index (χ0n) is 12.1. The molecule has 0 spiro atoms. The molecule has 122 valence electrons. The van der Waals surface area contributed by atoms with Gasteiger partial charge in [0.1, 0.15) is 0 Å². The van der Waals surface area contributed by atoms with Crippen LogP contribution in [0.4, 0.5) is 13.2 Å². The van der Waals surface area contributed by atoms with Crippen molar-refractivity contribution in [3.8, 4) is 0 Å². The Morgan fingerprint density at radius 3 is 2.27 bits per heavy atom. The van der Waals surface area contributed by atoms with Gasteiger partial charge in [0.25, 0.3) is 6.29 Å². The van der Waals surface area contributed by atoms with Gasteiger partial charge in [0, 0.05) is 19.3 Å². The van der Waals surface area contributed by atoms with Gasteiger partial charge in [-0.2, -0.15) is 13.2 Å². The van der Waals surface area contributed by atoms with E-state index in [0.717, 1.165) is 18.2 Å². The van der Waals surface area contributed by atoms with Crippen LogP contribution in [0.15, 0.2) is 30.0 Å². The zero-order chi connectivity index (χ0) is 16.8. The van der Waals surface area contributed by atoms with Crippen molar-refractivity contribution in [2.24, 2.45) is 0 Å². The van der Waals surface area contributed by atoms with Crippen LogP contribution in [-0.4, -0.2) is 24.4 Å². The van der Waals surface area contributed by atoms with E-state index in [2.05, 4.69) is 0 Å². The van der Waals surface area contributed by atoms with Crippen molar-refractivity contribution >= 4 is 6.08 Å². The number of alkyl halides is 3. The van der Waals surface area contributed by atoms with Gasteiger partial charge in [-0.25, -0.2) is 0 Å². The second-order valence-electron chi connectivity index (χ2n) is 4.15. The highest BCUT2D eigenvalue weighted by atomic mass is 19.4. The normalized spacial score (nSPS) is 12.7. The summed E-state index contributed by atoms with van der Waals surface area (Å²) < 4.78 is 49.0. The van der Waals surface area contributed by atoms with Crippen LogP contribution in [0.1, 0.15) is 25.0 Å². The van der Waals surface area contributed by atoms with E-state index in [1.54, 1.807) is 13.8 Å². The van der Waals surface area contributed by atoms with E-state index in [-0.39, 0.29) is 18.8 Å². The van der Waals surface area contributed by atoms with E-state index in [9.17, 15) is 23.3 Å². The van der Waals surface area contributed by atoms with Crippen LogP contribution in [0.5, 0.6) is 0 Å². The maximum absolute atomic E-state index is 12.9. The Morgan fingerprint density at radius 1 is 1.27 bits per heavy atom. The minimum Gasteiger partial charge on any atom is -0.344 e. The molecule has 0 amide bonds. The molecule has 5 nitrogen and oxygen atoms in total. The van der Waals surface area contributed by atoms with Crippen molar-refractivity contribution in [1.29, 1.82) is 0 Å². The van der Waals surface area contributed by atoms with E-state index < -0.39 is 28.7 Å². The predicted molar refractivity (Wildman–Crippen MR) is 73.5 cm³/mol. The molecule has 0 saturated carbocycles. The molecular formula is C14H16F3NO4. The number of hydrogen-bond donors (Lipinski definition) is 0. The van der Waals surface area contributed by atoms with E-state index in [1.165, 1.54) is 12.1 Å². The fraction of sp³-hybridized carbons (Fsp3) is 0.429. The van der Waals surface area contributed by atoms with Gasteiger partial charge in [-0.05, 0) is 25.5 Å². The molecule has 0 bridgehead atoms. The molecule has 0 aliphatic carbocycles. The Labute approximate surface area is 125 Å². The van der Waals surface area contributed by atoms with Gasteiger partial charge < -0.3 is 9.47 Å². The van der Waals surface area contributed by atoms with Crippen molar-refractivity contribution < 1.29 is 27.6 Å². The maximum atomic E-state index is 12.9. The molecule has 0 unspecified atom stereocenters. The highest BCUT2D eigenvalue weighted by Crippen LogP contribution is 2.33. The second kappa shape index (κ2) is 7.90. The number of nitrogens with zero attached hydrogens (tertiary/aromatic N) is 1. The van der Waals surface area contributed by atoms with Crippen LogP contribution in [0, 0.1) is 10.1 Å². The number of nitro groups is 1. The van der Waals surface area contributed by atoms with Crippen molar-refractivity contribution in [3.05, 3.63) is 51.2 Å². The van der Waals surface area contributed by atoms with Gasteiger partial charge >= 0.3 is 11.9 Å². The first-order chi connectivity index (χ1) is 10.3. The van der Waals surface area contributed by atoms with Crippen molar-refractivity contribution in [2.45, 2.75) is 26.3 Å². The third-order valence-corrected chi connectivity index (χ3v) is 2.66. The molecule has 0 aliphatic rings. The van der Waals surface area contributed by atoms with Crippen molar-refractivity contribution in [2.75, 3.05) is 13.2 Å². The molecule has 0 atom stereocenters. The molecule has 0 N–H and O–H groups in total. The molecule has 0 radical (unpaired) electrons. The minimum atomic E-state index is -4.61. The number of halogens is 3. The van der Waals surface area contributed by atoms with Gasteiger partial charge in [0.05, 0.1) is 10.5 Å². The molecule has 1 aromatic carbocycles. The monoisotopic (exact) mass is 319 g/mol. The summed E-state index contributed by atoms with van der Waals surface area (Å²) >= 11 is 0.